The first-order chi connectivity index (χ1) is 23.5. The van der Waals surface area contributed by atoms with E-state index in [4.69, 9.17) is 0 Å². The number of halogens is 1. The third-order valence-electron chi connectivity index (χ3n) is 11.9. The molecular formula is C43H75IN4O2. The lowest BCUT2D eigenvalue weighted by Gasteiger charge is -2.29. The first kappa shape index (κ1) is 45.1. The van der Waals surface area contributed by atoms with E-state index in [0.717, 1.165) is 0 Å². The van der Waals surface area contributed by atoms with Gasteiger partial charge in [0.25, 0.3) is 0 Å². The summed E-state index contributed by atoms with van der Waals surface area (Å²) in [6.07, 6.45) is 21.7. The molecule has 7 heteroatoms. The zero-order valence-electron chi connectivity index (χ0n) is 32.5. The molecule has 286 valence electrons. The molecule has 0 saturated carbocycles. The molecule has 0 aliphatic carbocycles. The lowest BCUT2D eigenvalue weighted by atomic mass is 10.0. The molecule has 0 radical (unpaired) electrons. The number of benzene rings is 2. The van der Waals surface area contributed by atoms with Gasteiger partial charge in [0.2, 0.25) is 0 Å². The minimum absolute atomic E-state index is 0. The van der Waals surface area contributed by atoms with Crippen molar-refractivity contribution >= 4 is 22.6 Å². The largest absolute Gasteiger partial charge is 0.870 e. The highest BCUT2D eigenvalue weighted by atomic mass is 127. The molecule has 0 spiro atoms. The number of nitrogens with zero attached hydrogens (tertiary/aromatic N) is 4. The van der Waals surface area contributed by atoms with E-state index in [9.17, 15) is 0 Å². The molecule has 4 fully saturated rings. The molecule has 4 aliphatic rings. The van der Waals surface area contributed by atoms with Crippen LogP contribution in [-0.4, -0.2) is 127 Å². The summed E-state index contributed by atoms with van der Waals surface area (Å²) in [6, 6.07) is 18.9. The highest BCUT2D eigenvalue weighted by Crippen LogP contribution is 2.20. The van der Waals surface area contributed by atoms with Crippen molar-refractivity contribution in [2.75, 3.05) is 97.6 Å². The Labute approximate surface area is 321 Å². The second-order valence-corrected chi connectivity index (χ2v) is 16.1. The summed E-state index contributed by atoms with van der Waals surface area (Å²) < 4.78 is 2.63. The van der Waals surface area contributed by atoms with Gasteiger partial charge in [-0.2, -0.15) is 0 Å². The molecule has 2 N–H and O–H groups in total. The van der Waals surface area contributed by atoms with E-state index in [1.807, 2.05) is 4.93 Å². The second kappa shape index (κ2) is 25.0. The van der Waals surface area contributed by atoms with Crippen LogP contribution in [0.1, 0.15) is 99.3 Å². The van der Waals surface area contributed by atoms with Crippen LogP contribution in [0.5, 0.6) is 0 Å². The minimum atomic E-state index is 0. The van der Waals surface area contributed by atoms with Gasteiger partial charge in [0.05, 0.1) is 53.4 Å². The van der Waals surface area contributed by atoms with Crippen LogP contribution in [0, 0.1) is 0 Å². The average molecular weight is 807 g/mol. The van der Waals surface area contributed by atoms with E-state index in [0.29, 0.717) is 0 Å². The standard InChI is InChI=1S/C22H38N2.C20H32N2.CH3I.2H2O/c1-23(15-3-4-16-23)19-7-9-21-11-13-22(14-12-21)10-8-20-24(2)17-5-6-18-24;1-2-14-21(13-1)17-5-7-19-9-11-20(12-10-19)8-6-18-22-15-3-4-16-22;1-2;;/h11-14H,3-10,15-20H2,1-2H3;9-12H,1-8,13-18H2;1H3;2*1H2/q+2;;;;/p-2. The van der Waals surface area contributed by atoms with Crippen molar-refractivity contribution < 1.29 is 19.9 Å². The van der Waals surface area contributed by atoms with Crippen LogP contribution in [0.25, 0.3) is 0 Å². The van der Waals surface area contributed by atoms with Crippen molar-refractivity contribution in [3.8, 4) is 0 Å². The van der Waals surface area contributed by atoms with Crippen molar-refractivity contribution in [2.45, 2.75) is 103 Å². The van der Waals surface area contributed by atoms with Gasteiger partial charge in [-0.25, -0.2) is 0 Å². The smallest absolute Gasteiger partial charge is 0.0787 e. The summed E-state index contributed by atoms with van der Waals surface area (Å²) in [4.78, 5) is 7.21. The normalized spacial score (nSPS) is 19.5. The van der Waals surface area contributed by atoms with Gasteiger partial charge in [-0.3, -0.25) is 0 Å². The highest BCUT2D eigenvalue weighted by molar-refractivity contribution is 14.1. The van der Waals surface area contributed by atoms with Crippen molar-refractivity contribution in [3.63, 3.8) is 0 Å². The lowest BCUT2D eigenvalue weighted by molar-refractivity contribution is -0.897. The maximum absolute atomic E-state index is 2.62. The van der Waals surface area contributed by atoms with E-state index in [2.05, 4.69) is 95.0 Å². The Morgan fingerprint density at radius 2 is 0.700 bits per heavy atom. The maximum Gasteiger partial charge on any atom is 0.0787 e. The maximum atomic E-state index is 2.62. The Kier molecular flexibility index (Phi) is 22.6. The number of likely N-dealkylation sites (tertiary alicyclic amines) is 4. The van der Waals surface area contributed by atoms with Crippen molar-refractivity contribution in [1.29, 1.82) is 0 Å². The minimum Gasteiger partial charge on any atom is -0.870 e. The van der Waals surface area contributed by atoms with Gasteiger partial charge in [-0.15, -0.1) is 0 Å². The van der Waals surface area contributed by atoms with Crippen LogP contribution >= 0.6 is 22.6 Å². The number of hydrogen-bond donors (Lipinski definition) is 0. The fourth-order valence-electron chi connectivity index (χ4n) is 8.75. The Bertz CT molecular complexity index is 1020. The van der Waals surface area contributed by atoms with Gasteiger partial charge >= 0.3 is 0 Å². The van der Waals surface area contributed by atoms with E-state index in [-0.39, 0.29) is 11.0 Å². The predicted octanol–water partition coefficient (Wildman–Crippen LogP) is 8.47. The van der Waals surface area contributed by atoms with E-state index >= 15 is 0 Å². The van der Waals surface area contributed by atoms with Crippen molar-refractivity contribution in [1.82, 2.24) is 9.80 Å². The molecule has 50 heavy (non-hydrogen) atoms. The van der Waals surface area contributed by atoms with Crippen LogP contribution < -0.4 is 0 Å². The van der Waals surface area contributed by atoms with E-state index < -0.39 is 0 Å². The molecule has 2 aromatic carbocycles. The third kappa shape index (κ3) is 16.7. The van der Waals surface area contributed by atoms with Gasteiger partial charge in [0.15, 0.2) is 0 Å². The van der Waals surface area contributed by atoms with Gasteiger partial charge in [0.1, 0.15) is 0 Å². The van der Waals surface area contributed by atoms with Crippen molar-refractivity contribution in [2.24, 2.45) is 0 Å². The molecule has 0 aromatic heterocycles. The number of hydrogen-bond acceptors (Lipinski definition) is 4. The second-order valence-electron chi connectivity index (χ2n) is 16.1. The fourth-order valence-corrected chi connectivity index (χ4v) is 8.75. The molecule has 0 amide bonds. The van der Waals surface area contributed by atoms with Gasteiger partial charge in [-0.05, 0) is 131 Å². The molecule has 6 nitrogen and oxygen atoms in total. The quantitative estimate of drug-likeness (QED) is 0.0971. The molecule has 6 rings (SSSR count). The van der Waals surface area contributed by atoms with Crippen LogP contribution in [0.4, 0.5) is 0 Å². The fraction of sp³-hybridized carbons (Fsp3) is 0.721. The van der Waals surface area contributed by atoms with Crippen LogP contribution in [-0.2, 0) is 25.7 Å². The van der Waals surface area contributed by atoms with Gasteiger partial charge < -0.3 is 29.7 Å². The van der Waals surface area contributed by atoms with Crippen molar-refractivity contribution in [3.05, 3.63) is 70.8 Å². The summed E-state index contributed by atoms with van der Waals surface area (Å²) in [5.41, 5.74) is 6.09. The molecule has 2 aromatic rings. The first-order valence-electron chi connectivity index (χ1n) is 20.1. The molecule has 4 aliphatic heterocycles. The first-order valence-corrected chi connectivity index (χ1v) is 22.3. The van der Waals surface area contributed by atoms with E-state index in [1.165, 1.54) is 212 Å². The Morgan fingerprint density at radius 3 is 0.980 bits per heavy atom. The summed E-state index contributed by atoms with van der Waals surface area (Å²) in [6.45, 7) is 16.2. The molecule has 4 saturated heterocycles. The topological polar surface area (TPSA) is 66.5 Å². The SMILES string of the molecule is CI.C[N+]1(CCCc2ccc(CCC[N+]3(C)CCCC3)cc2)CCCC1.[OH-].[OH-].c1cc(CCCN2CCCC2)ccc1CCCN1CCCC1. The van der Waals surface area contributed by atoms with Gasteiger partial charge in [-0.1, -0.05) is 71.1 Å². The van der Waals surface area contributed by atoms with Crippen LogP contribution in [0.15, 0.2) is 48.5 Å². The number of rotatable bonds is 16. The Morgan fingerprint density at radius 1 is 0.440 bits per heavy atom. The number of quaternary nitrogens is 2. The highest BCUT2D eigenvalue weighted by Gasteiger charge is 2.26. The molecule has 4 heterocycles. The number of alkyl halides is 1. The summed E-state index contributed by atoms with van der Waals surface area (Å²) in [5.74, 6) is 0. The summed E-state index contributed by atoms with van der Waals surface area (Å²) in [5, 5.41) is 0. The molecular weight excluding hydrogens is 731 g/mol. The zero-order valence-corrected chi connectivity index (χ0v) is 34.6. The molecule has 0 bridgehead atoms. The van der Waals surface area contributed by atoms with Crippen LogP contribution in [0.3, 0.4) is 0 Å². The van der Waals surface area contributed by atoms with Crippen LogP contribution in [0.2, 0.25) is 0 Å². The average Bonchev–Trinajstić information content (AvgIpc) is 3.95. The Hall–Kier alpha value is -1.07. The predicted molar refractivity (Wildman–Crippen MR) is 221 cm³/mol. The Balaban J connectivity index is 0.000000319. The zero-order chi connectivity index (χ0) is 33.9. The third-order valence-corrected chi connectivity index (χ3v) is 11.9. The summed E-state index contributed by atoms with van der Waals surface area (Å²) in [7, 11) is 4.89. The number of aryl methyl sites for hydroxylation is 4. The molecule has 0 atom stereocenters. The lowest BCUT2D eigenvalue weighted by Crippen LogP contribution is -2.41. The summed E-state index contributed by atoms with van der Waals surface area (Å²) >= 11 is 2.15. The molecule has 0 unspecified atom stereocenters. The monoisotopic (exact) mass is 806 g/mol. The van der Waals surface area contributed by atoms with E-state index in [1.54, 1.807) is 0 Å². The van der Waals surface area contributed by atoms with Gasteiger partial charge in [0, 0.05) is 38.5 Å².